The Bertz CT molecular complexity index is 480. The zero-order chi connectivity index (χ0) is 15.5. The maximum atomic E-state index is 11.8. The van der Waals surface area contributed by atoms with Gasteiger partial charge in [-0.3, -0.25) is 4.79 Å². The van der Waals surface area contributed by atoms with Crippen molar-refractivity contribution in [2.45, 2.75) is 52.5 Å². The molecule has 1 aromatic rings. The highest BCUT2D eigenvalue weighted by molar-refractivity contribution is 5.79. The number of hydrogen-bond acceptors (Lipinski definition) is 2. The lowest BCUT2D eigenvalue weighted by Crippen LogP contribution is -2.36. The highest BCUT2D eigenvalue weighted by Gasteiger charge is 2.42. The van der Waals surface area contributed by atoms with Gasteiger partial charge in [0.25, 0.3) is 0 Å². The molecule has 1 saturated heterocycles. The monoisotopic (exact) mass is 289 g/mol. The van der Waals surface area contributed by atoms with E-state index in [1.807, 2.05) is 12.1 Å². The molecule has 0 aromatic heterocycles. The summed E-state index contributed by atoms with van der Waals surface area (Å²) >= 11 is 0. The molecule has 1 N–H and O–H groups in total. The van der Waals surface area contributed by atoms with Crippen LogP contribution in [-0.4, -0.2) is 19.1 Å². The van der Waals surface area contributed by atoms with Gasteiger partial charge in [-0.1, -0.05) is 32.9 Å². The molecule has 21 heavy (non-hydrogen) atoms. The first-order valence-corrected chi connectivity index (χ1v) is 7.85. The molecule has 0 saturated carbocycles. The number of amides is 1. The predicted molar refractivity (Wildman–Crippen MR) is 85.4 cm³/mol. The Morgan fingerprint density at radius 3 is 2.57 bits per heavy atom. The summed E-state index contributed by atoms with van der Waals surface area (Å²) in [6.07, 6.45) is 3.75. The molecule has 3 heteroatoms. The van der Waals surface area contributed by atoms with Crippen molar-refractivity contribution in [1.82, 2.24) is 5.32 Å². The zero-order valence-corrected chi connectivity index (χ0v) is 13.6. The maximum absolute atomic E-state index is 11.8. The topological polar surface area (TPSA) is 38.3 Å². The zero-order valence-electron chi connectivity index (χ0n) is 13.6. The average molecular weight is 289 g/mol. The number of rotatable bonds is 6. The first-order valence-electron chi connectivity index (χ1n) is 7.85. The highest BCUT2D eigenvalue weighted by atomic mass is 16.5. The van der Waals surface area contributed by atoms with Crippen LogP contribution in [0, 0.1) is 11.3 Å². The third-order valence-corrected chi connectivity index (χ3v) is 4.59. The highest BCUT2D eigenvalue weighted by Crippen LogP contribution is 2.39. The lowest BCUT2D eigenvalue weighted by Gasteiger charge is -2.31. The Hall–Kier alpha value is -1.51. The van der Waals surface area contributed by atoms with E-state index in [0.717, 1.165) is 25.0 Å². The van der Waals surface area contributed by atoms with Crippen LogP contribution < -0.4 is 10.1 Å². The Labute approximate surface area is 128 Å². The molecular weight excluding hydrogens is 262 g/mol. The van der Waals surface area contributed by atoms with E-state index in [1.54, 1.807) is 7.11 Å². The van der Waals surface area contributed by atoms with Crippen molar-refractivity contribution < 1.29 is 9.53 Å². The van der Waals surface area contributed by atoms with Crippen LogP contribution in [0.1, 0.15) is 45.6 Å². The second-order valence-electron chi connectivity index (χ2n) is 6.93. The van der Waals surface area contributed by atoms with Crippen molar-refractivity contribution in [3.63, 3.8) is 0 Å². The average Bonchev–Trinajstić information content (AvgIpc) is 2.71. The van der Waals surface area contributed by atoms with E-state index in [9.17, 15) is 4.79 Å². The molecule has 2 rings (SSSR count). The molecule has 1 fully saturated rings. The van der Waals surface area contributed by atoms with Crippen LogP contribution in [0.4, 0.5) is 0 Å². The maximum Gasteiger partial charge on any atom is 0.220 e. The summed E-state index contributed by atoms with van der Waals surface area (Å²) in [5, 5.41) is 3.17. The Morgan fingerprint density at radius 2 is 2.00 bits per heavy atom. The summed E-state index contributed by atoms with van der Waals surface area (Å²) in [7, 11) is 1.68. The normalized spacial score (nSPS) is 25.2. The quantitative estimate of drug-likeness (QED) is 0.869. The number of hydrogen-bond donors (Lipinski definition) is 1. The van der Waals surface area contributed by atoms with Gasteiger partial charge in [0, 0.05) is 12.5 Å². The van der Waals surface area contributed by atoms with Crippen LogP contribution in [-0.2, 0) is 11.2 Å². The summed E-state index contributed by atoms with van der Waals surface area (Å²) in [6, 6.07) is 8.54. The number of carbonyl (C=O) groups excluding carboxylic acids is 1. The molecule has 0 bridgehead atoms. The molecule has 0 radical (unpaired) electrons. The summed E-state index contributed by atoms with van der Waals surface area (Å²) in [5.41, 5.74) is 1.38. The Kier molecular flexibility index (Phi) is 4.92. The number of carbonyl (C=O) groups is 1. The fraction of sp³-hybridized carbons (Fsp3) is 0.611. The fourth-order valence-corrected chi connectivity index (χ4v) is 3.21. The van der Waals surface area contributed by atoms with Crippen molar-refractivity contribution in [1.29, 1.82) is 0 Å². The van der Waals surface area contributed by atoms with Gasteiger partial charge < -0.3 is 10.1 Å². The molecule has 1 aromatic carbocycles. The van der Waals surface area contributed by atoms with Crippen molar-refractivity contribution in [3.05, 3.63) is 29.8 Å². The van der Waals surface area contributed by atoms with Crippen molar-refractivity contribution in [2.24, 2.45) is 11.3 Å². The van der Waals surface area contributed by atoms with E-state index < -0.39 is 0 Å². The van der Waals surface area contributed by atoms with Gasteiger partial charge in [-0.2, -0.15) is 0 Å². The van der Waals surface area contributed by atoms with Crippen molar-refractivity contribution >= 4 is 5.91 Å². The van der Waals surface area contributed by atoms with Gasteiger partial charge in [0.15, 0.2) is 0 Å². The number of benzene rings is 1. The SMILES string of the molecule is COc1ccc(CCC2(C)CC(=O)NC2CC(C)C)cc1. The van der Waals surface area contributed by atoms with Gasteiger partial charge in [-0.05, 0) is 48.3 Å². The third-order valence-electron chi connectivity index (χ3n) is 4.59. The summed E-state index contributed by atoms with van der Waals surface area (Å²) in [4.78, 5) is 11.8. The fourth-order valence-electron chi connectivity index (χ4n) is 3.21. The minimum Gasteiger partial charge on any atom is -0.497 e. The standard InChI is InChI=1S/C18H27NO2/c1-13(2)11-16-18(3,12-17(20)19-16)10-9-14-5-7-15(21-4)8-6-14/h5-8,13,16H,9-12H2,1-4H3,(H,19,20). The molecular formula is C18H27NO2. The van der Waals surface area contributed by atoms with Gasteiger partial charge in [0.05, 0.1) is 7.11 Å². The van der Waals surface area contributed by atoms with Gasteiger partial charge in [-0.15, -0.1) is 0 Å². The lowest BCUT2D eigenvalue weighted by atomic mass is 9.75. The summed E-state index contributed by atoms with van der Waals surface area (Å²) < 4.78 is 5.19. The largest absolute Gasteiger partial charge is 0.497 e. The van der Waals surface area contributed by atoms with Crippen LogP contribution in [0.15, 0.2) is 24.3 Å². The first kappa shape index (κ1) is 15.9. The Balaban J connectivity index is 2.00. The molecule has 0 aliphatic carbocycles. The van der Waals surface area contributed by atoms with Gasteiger partial charge >= 0.3 is 0 Å². The molecule has 1 aliphatic heterocycles. The van der Waals surface area contributed by atoms with Crippen LogP contribution in [0.5, 0.6) is 5.75 Å². The van der Waals surface area contributed by atoms with Crippen LogP contribution in [0.2, 0.25) is 0 Å². The number of methoxy groups -OCH3 is 1. The first-order chi connectivity index (χ1) is 9.93. The minimum absolute atomic E-state index is 0.0707. The van der Waals surface area contributed by atoms with E-state index in [-0.39, 0.29) is 11.3 Å². The molecule has 3 nitrogen and oxygen atoms in total. The van der Waals surface area contributed by atoms with Gasteiger partial charge in [-0.25, -0.2) is 0 Å². The van der Waals surface area contributed by atoms with E-state index in [4.69, 9.17) is 4.74 Å². The van der Waals surface area contributed by atoms with Crippen LogP contribution in [0.3, 0.4) is 0 Å². The molecule has 2 atom stereocenters. The summed E-state index contributed by atoms with van der Waals surface area (Å²) in [5.74, 6) is 1.70. The van der Waals surface area contributed by atoms with Crippen LogP contribution >= 0.6 is 0 Å². The number of nitrogens with one attached hydrogen (secondary N) is 1. The smallest absolute Gasteiger partial charge is 0.220 e. The van der Waals surface area contributed by atoms with E-state index in [1.165, 1.54) is 5.56 Å². The second kappa shape index (κ2) is 6.50. The molecule has 1 aliphatic rings. The minimum atomic E-state index is 0.0707. The molecule has 2 unspecified atom stereocenters. The number of aryl methyl sites for hydroxylation is 1. The van der Waals surface area contributed by atoms with Crippen LogP contribution in [0.25, 0.3) is 0 Å². The second-order valence-corrected chi connectivity index (χ2v) is 6.93. The molecule has 1 heterocycles. The Morgan fingerprint density at radius 1 is 1.33 bits per heavy atom. The van der Waals surface area contributed by atoms with Crippen molar-refractivity contribution in [2.75, 3.05) is 7.11 Å². The van der Waals surface area contributed by atoms with E-state index >= 15 is 0 Å². The number of ether oxygens (including phenoxy) is 1. The third kappa shape index (κ3) is 3.99. The van der Waals surface area contributed by atoms with E-state index in [2.05, 4.69) is 38.2 Å². The lowest BCUT2D eigenvalue weighted by molar-refractivity contribution is -0.119. The summed E-state index contributed by atoms with van der Waals surface area (Å²) in [6.45, 7) is 6.68. The molecule has 1 amide bonds. The molecule has 116 valence electrons. The van der Waals surface area contributed by atoms with Crippen molar-refractivity contribution in [3.8, 4) is 5.75 Å². The van der Waals surface area contributed by atoms with Gasteiger partial charge in [0.2, 0.25) is 5.91 Å². The van der Waals surface area contributed by atoms with E-state index in [0.29, 0.717) is 18.4 Å². The molecule has 0 spiro atoms. The predicted octanol–water partition coefficient (Wildman–Crippen LogP) is 3.57. The van der Waals surface area contributed by atoms with Gasteiger partial charge in [0.1, 0.15) is 5.75 Å².